The highest BCUT2D eigenvalue weighted by atomic mass is 19.1. The third-order valence-electron chi connectivity index (χ3n) is 4.87. The van der Waals surface area contributed by atoms with Gasteiger partial charge in [0, 0.05) is 18.1 Å². The van der Waals surface area contributed by atoms with Crippen molar-refractivity contribution in [3.8, 4) is 23.5 Å². The van der Waals surface area contributed by atoms with E-state index in [4.69, 9.17) is 11.2 Å². The number of terminal acetylenes is 1. The Morgan fingerprint density at radius 1 is 1.19 bits per heavy atom. The van der Waals surface area contributed by atoms with E-state index in [-0.39, 0.29) is 17.8 Å². The molecule has 0 aliphatic heterocycles. The summed E-state index contributed by atoms with van der Waals surface area (Å²) >= 11 is 0. The minimum Gasteiger partial charge on any atom is -0.368 e. The van der Waals surface area contributed by atoms with Crippen LogP contribution in [0, 0.1) is 29.4 Å². The lowest BCUT2D eigenvalue weighted by molar-refractivity contribution is -0.128. The van der Waals surface area contributed by atoms with Gasteiger partial charge in [0.05, 0.1) is 17.5 Å². The minimum atomic E-state index is -1.11. The first-order valence-electron chi connectivity index (χ1n) is 8.44. The molecule has 0 radical (unpaired) electrons. The Morgan fingerprint density at radius 3 is 2.44 bits per heavy atom. The third kappa shape index (κ3) is 3.29. The number of carbonyl (C=O) groups is 1. The predicted molar refractivity (Wildman–Crippen MR) is 98.6 cm³/mol. The second-order valence-corrected chi connectivity index (χ2v) is 7.24. The van der Waals surface area contributed by atoms with E-state index in [1.54, 1.807) is 32.1 Å². The Hall–Kier alpha value is -2.84. The number of allylic oxidation sites excluding steroid dienone is 1. The van der Waals surface area contributed by atoms with E-state index in [2.05, 4.69) is 10.9 Å². The number of pyridine rings is 1. The number of benzene rings is 1. The quantitative estimate of drug-likeness (QED) is 0.754. The number of hydrogen-bond donors (Lipinski definition) is 0. The molecule has 0 amide bonds. The van der Waals surface area contributed by atoms with Crippen molar-refractivity contribution in [3.63, 3.8) is 0 Å². The summed E-state index contributed by atoms with van der Waals surface area (Å²) < 4.78 is 33.1. The average molecular weight is 367 g/mol. The fourth-order valence-corrected chi connectivity index (χ4v) is 3.56. The van der Waals surface area contributed by atoms with Gasteiger partial charge in [-0.2, -0.15) is 0 Å². The molecule has 1 heterocycles. The zero-order chi connectivity index (χ0) is 19.8. The van der Waals surface area contributed by atoms with E-state index in [1.165, 1.54) is 25.3 Å². The molecule has 1 aliphatic rings. The van der Waals surface area contributed by atoms with Crippen LogP contribution >= 0.6 is 0 Å². The number of halogens is 2. The monoisotopic (exact) mass is 367 g/mol. The largest absolute Gasteiger partial charge is 0.368 e. The van der Waals surface area contributed by atoms with Crippen molar-refractivity contribution in [1.82, 2.24) is 4.98 Å². The Morgan fingerprint density at radius 2 is 1.85 bits per heavy atom. The molecule has 0 spiro atoms. The van der Waals surface area contributed by atoms with Gasteiger partial charge in [0.1, 0.15) is 17.2 Å². The highest BCUT2D eigenvalue weighted by Gasteiger charge is 2.47. The SMILES string of the molecule is C#CC1=CC(OC)(c2ncc(F)cc2-c2ccc(F)cc2)CC(C)(C)C1=O. The summed E-state index contributed by atoms with van der Waals surface area (Å²) in [6.45, 7) is 3.57. The molecule has 3 rings (SSSR count). The molecule has 2 aromatic rings. The molecule has 0 bridgehead atoms. The zero-order valence-corrected chi connectivity index (χ0v) is 15.3. The second-order valence-electron chi connectivity index (χ2n) is 7.24. The lowest BCUT2D eigenvalue weighted by atomic mass is 9.68. The van der Waals surface area contributed by atoms with Crippen molar-refractivity contribution < 1.29 is 18.3 Å². The molecule has 0 N–H and O–H groups in total. The Bertz CT molecular complexity index is 971. The van der Waals surface area contributed by atoms with Gasteiger partial charge in [0.25, 0.3) is 0 Å². The van der Waals surface area contributed by atoms with Crippen molar-refractivity contribution in [1.29, 1.82) is 0 Å². The van der Waals surface area contributed by atoms with E-state index in [9.17, 15) is 13.6 Å². The van der Waals surface area contributed by atoms with Crippen molar-refractivity contribution in [3.05, 3.63) is 65.5 Å². The van der Waals surface area contributed by atoms with E-state index in [0.717, 1.165) is 6.20 Å². The Labute approximate surface area is 157 Å². The van der Waals surface area contributed by atoms with Crippen molar-refractivity contribution >= 4 is 5.78 Å². The maximum Gasteiger partial charge on any atom is 0.176 e. The molecule has 1 aromatic carbocycles. The molecule has 27 heavy (non-hydrogen) atoms. The van der Waals surface area contributed by atoms with Crippen LogP contribution in [-0.2, 0) is 15.1 Å². The van der Waals surface area contributed by atoms with Crippen LogP contribution in [0.2, 0.25) is 0 Å². The van der Waals surface area contributed by atoms with Gasteiger partial charge in [-0.1, -0.05) is 31.9 Å². The Kier molecular flexibility index (Phi) is 4.71. The summed E-state index contributed by atoms with van der Waals surface area (Å²) in [4.78, 5) is 16.9. The van der Waals surface area contributed by atoms with Crippen LogP contribution < -0.4 is 0 Å². The molecular formula is C22H19F2NO2. The highest BCUT2D eigenvalue weighted by Crippen LogP contribution is 2.47. The van der Waals surface area contributed by atoms with Gasteiger partial charge in [0.2, 0.25) is 0 Å². The van der Waals surface area contributed by atoms with Gasteiger partial charge in [-0.05, 0) is 36.3 Å². The van der Waals surface area contributed by atoms with E-state index in [1.807, 2.05) is 0 Å². The van der Waals surface area contributed by atoms with E-state index in [0.29, 0.717) is 16.8 Å². The van der Waals surface area contributed by atoms with Gasteiger partial charge in [-0.3, -0.25) is 9.78 Å². The first-order chi connectivity index (χ1) is 12.7. The van der Waals surface area contributed by atoms with Crippen LogP contribution in [0.4, 0.5) is 8.78 Å². The normalized spacial score (nSPS) is 21.5. The van der Waals surface area contributed by atoms with Crippen LogP contribution in [-0.4, -0.2) is 17.9 Å². The molecule has 138 valence electrons. The standard InChI is InChI=1S/C22H19F2NO2/c1-5-14-11-22(27-4,13-21(2,3)20(14)26)19-18(10-17(24)12-25-19)15-6-8-16(23)9-7-15/h1,6-12H,13H2,2-4H3. The van der Waals surface area contributed by atoms with E-state index >= 15 is 0 Å². The Balaban J connectivity index is 2.28. The van der Waals surface area contributed by atoms with Gasteiger partial charge in [-0.25, -0.2) is 8.78 Å². The van der Waals surface area contributed by atoms with Crippen LogP contribution in [0.25, 0.3) is 11.1 Å². The van der Waals surface area contributed by atoms with Crippen LogP contribution in [0.15, 0.2) is 48.2 Å². The van der Waals surface area contributed by atoms with Crippen molar-refractivity contribution in [2.24, 2.45) is 5.41 Å². The molecular weight excluding hydrogens is 348 g/mol. The van der Waals surface area contributed by atoms with Crippen molar-refractivity contribution in [2.75, 3.05) is 7.11 Å². The molecule has 5 heteroatoms. The molecule has 0 saturated heterocycles. The summed E-state index contributed by atoms with van der Waals surface area (Å²) in [6.07, 6.45) is 8.50. The lowest BCUT2D eigenvalue weighted by Crippen LogP contribution is -2.42. The number of nitrogens with zero attached hydrogens (tertiary/aromatic N) is 1. The summed E-state index contributed by atoms with van der Waals surface area (Å²) in [7, 11) is 1.50. The van der Waals surface area contributed by atoms with Gasteiger partial charge in [-0.15, -0.1) is 6.42 Å². The zero-order valence-electron chi connectivity index (χ0n) is 15.3. The van der Waals surface area contributed by atoms with Crippen LogP contribution in [0.3, 0.4) is 0 Å². The number of ketones is 1. The average Bonchev–Trinajstić information content (AvgIpc) is 2.64. The maximum atomic E-state index is 14.0. The van der Waals surface area contributed by atoms with Gasteiger partial charge in [0.15, 0.2) is 5.78 Å². The van der Waals surface area contributed by atoms with Crippen LogP contribution in [0.5, 0.6) is 0 Å². The maximum absolute atomic E-state index is 14.0. The second kappa shape index (κ2) is 6.71. The number of rotatable bonds is 3. The lowest BCUT2D eigenvalue weighted by Gasteiger charge is -2.40. The molecule has 1 atom stereocenters. The summed E-state index contributed by atoms with van der Waals surface area (Å²) in [5.74, 6) is 1.35. The number of hydrogen-bond acceptors (Lipinski definition) is 3. The van der Waals surface area contributed by atoms with E-state index < -0.39 is 22.7 Å². The highest BCUT2D eigenvalue weighted by molar-refractivity contribution is 6.04. The smallest absolute Gasteiger partial charge is 0.176 e. The third-order valence-corrected chi connectivity index (χ3v) is 4.87. The number of Topliss-reactive ketones (excluding diaryl/α,β-unsaturated/α-hetero) is 1. The van der Waals surface area contributed by atoms with Crippen molar-refractivity contribution in [2.45, 2.75) is 25.9 Å². The molecule has 0 saturated carbocycles. The summed E-state index contributed by atoms with van der Waals surface area (Å²) in [6, 6.07) is 7.00. The fourth-order valence-electron chi connectivity index (χ4n) is 3.56. The summed E-state index contributed by atoms with van der Waals surface area (Å²) in [5, 5.41) is 0. The number of aromatic nitrogens is 1. The predicted octanol–water partition coefficient (Wildman–Crippen LogP) is 4.43. The number of carbonyl (C=O) groups excluding carboxylic acids is 1. The minimum absolute atomic E-state index is 0.150. The topological polar surface area (TPSA) is 39.2 Å². The molecule has 3 nitrogen and oxygen atoms in total. The summed E-state index contributed by atoms with van der Waals surface area (Å²) in [5.41, 5.74) is -0.246. The number of ether oxygens (including phenoxy) is 1. The first-order valence-corrected chi connectivity index (χ1v) is 8.44. The molecule has 1 unspecified atom stereocenters. The first kappa shape index (κ1) is 18.9. The molecule has 0 fully saturated rings. The van der Waals surface area contributed by atoms with Gasteiger partial charge < -0.3 is 4.74 Å². The molecule has 1 aliphatic carbocycles. The number of methoxy groups -OCH3 is 1. The fraction of sp³-hybridized carbons (Fsp3) is 0.273. The molecule has 1 aromatic heterocycles. The van der Waals surface area contributed by atoms with Gasteiger partial charge >= 0.3 is 0 Å². The van der Waals surface area contributed by atoms with Crippen LogP contribution in [0.1, 0.15) is 26.0 Å².